The molecular formula is C15H25BrOSi. The van der Waals surface area contributed by atoms with Gasteiger partial charge in [-0.25, -0.2) is 0 Å². The second-order valence-corrected chi connectivity index (χ2v) is 11.8. The number of benzene rings is 1. The summed E-state index contributed by atoms with van der Waals surface area (Å²) in [5, 5.41) is 1.15. The first-order valence-corrected chi connectivity index (χ1v) is 10.5. The van der Waals surface area contributed by atoms with Crippen molar-refractivity contribution in [2.45, 2.75) is 58.1 Å². The maximum Gasteiger partial charge on any atom is 0.250 e. The molecule has 0 N–H and O–H groups in total. The first kappa shape index (κ1) is 15.8. The summed E-state index contributed by atoms with van der Waals surface area (Å²) in [6, 6.07) is 4.34. The molecule has 1 aromatic carbocycles. The molecule has 1 nitrogen and oxygen atoms in total. The zero-order valence-electron chi connectivity index (χ0n) is 12.6. The van der Waals surface area contributed by atoms with Gasteiger partial charge in [0, 0.05) is 5.33 Å². The van der Waals surface area contributed by atoms with Crippen molar-refractivity contribution < 1.29 is 4.43 Å². The molecule has 0 fully saturated rings. The van der Waals surface area contributed by atoms with Crippen LogP contribution in [-0.4, -0.2) is 8.32 Å². The van der Waals surface area contributed by atoms with Gasteiger partial charge in [-0.15, -0.1) is 0 Å². The molecule has 0 saturated carbocycles. The van der Waals surface area contributed by atoms with E-state index in [9.17, 15) is 0 Å². The van der Waals surface area contributed by atoms with E-state index in [4.69, 9.17) is 4.43 Å². The molecule has 0 spiro atoms. The molecule has 3 heteroatoms. The number of hydrogen-bond donors (Lipinski definition) is 0. The summed E-state index contributed by atoms with van der Waals surface area (Å²) in [7, 11) is -1.73. The average Bonchev–Trinajstić information content (AvgIpc) is 2.14. The van der Waals surface area contributed by atoms with E-state index in [1.807, 2.05) is 0 Å². The Balaban J connectivity index is 3.07. The molecule has 0 saturated heterocycles. The van der Waals surface area contributed by atoms with Crippen molar-refractivity contribution in [2.75, 3.05) is 0 Å². The largest absolute Gasteiger partial charge is 0.543 e. The maximum absolute atomic E-state index is 6.35. The van der Waals surface area contributed by atoms with Gasteiger partial charge in [0.05, 0.1) is 0 Å². The SMILES string of the molecule is Cc1cc(O[Si](C)(C)C(C)(C)C)cc(C)c1CBr. The zero-order chi connectivity index (χ0) is 14.1. The van der Waals surface area contributed by atoms with E-state index in [0.717, 1.165) is 11.1 Å². The second-order valence-electron chi connectivity index (χ2n) is 6.53. The number of hydrogen-bond acceptors (Lipinski definition) is 1. The highest BCUT2D eigenvalue weighted by molar-refractivity contribution is 9.08. The molecule has 0 aliphatic heterocycles. The summed E-state index contributed by atoms with van der Waals surface area (Å²) in [4.78, 5) is 0. The Morgan fingerprint density at radius 2 is 1.56 bits per heavy atom. The fourth-order valence-corrected chi connectivity index (χ4v) is 3.57. The zero-order valence-corrected chi connectivity index (χ0v) is 15.2. The third-order valence-electron chi connectivity index (χ3n) is 3.98. The Morgan fingerprint density at radius 3 is 1.89 bits per heavy atom. The molecule has 0 heterocycles. The van der Waals surface area contributed by atoms with Crippen LogP contribution in [0, 0.1) is 13.8 Å². The Kier molecular flexibility index (Phi) is 4.71. The molecule has 1 rings (SSSR count). The maximum atomic E-state index is 6.35. The fourth-order valence-electron chi connectivity index (χ4n) is 1.67. The van der Waals surface area contributed by atoms with Gasteiger partial charge in [0.15, 0.2) is 0 Å². The van der Waals surface area contributed by atoms with Crippen LogP contribution in [0.15, 0.2) is 12.1 Å². The molecule has 0 unspecified atom stereocenters. The summed E-state index contributed by atoms with van der Waals surface area (Å²) >= 11 is 3.54. The molecule has 102 valence electrons. The minimum Gasteiger partial charge on any atom is -0.543 e. The van der Waals surface area contributed by atoms with Crippen LogP contribution >= 0.6 is 15.9 Å². The smallest absolute Gasteiger partial charge is 0.250 e. The molecule has 0 aliphatic carbocycles. The lowest BCUT2D eigenvalue weighted by Crippen LogP contribution is -2.43. The van der Waals surface area contributed by atoms with Crippen molar-refractivity contribution in [3.05, 3.63) is 28.8 Å². The van der Waals surface area contributed by atoms with Crippen LogP contribution < -0.4 is 4.43 Å². The van der Waals surface area contributed by atoms with Crippen LogP contribution in [0.1, 0.15) is 37.5 Å². The number of halogens is 1. The average molecular weight is 329 g/mol. The quantitative estimate of drug-likeness (QED) is 0.519. The Labute approximate surface area is 121 Å². The predicted molar refractivity (Wildman–Crippen MR) is 86.4 cm³/mol. The molecule has 0 aromatic heterocycles. The molecule has 0 bridgehead atoms. The third kappa shape index (κ3) is 3.38. The summed E-state index contributed by atoms with van der Waals surface area (Å²) in [5.41, 5.74) is 3.98. The summed E-state index contributed by atoms with van der Waals surface area (Å²) in [6.45, 7) is 15.7. The first-order chi connectivity index (χ1) is 8.08. The van der Waals surface area contributed by atoms with Crippen LogP contribution in [0.25, 0.3) is 0 Å². The van der Waals surface area contributed by atoms with Gasteiger partial charge >= 0.3 is 0 Å². The van der Waals surface area contributed by atoms with Crippen molar-refractivity contribution in [3.63, 3.8) is 0 Å². The monoisotopic (exact) mass is 328 g/mol. The number of alkyl halides is 1. The molecule has 1 aromatic rings. The van der Waals surface area contributed by atoms with Crippen molar-refractivity contribution in [3.8, 4) is 5.75 Å². The fraction of sp³-hybridized carbons (Fsp3) is 0.600. The van der Waals surface area contributed by atoms with Crippen molar-refractivity contribution in [1.29, 1.82) is 0 Å². The van der Waals surface area contributed by atoms with E-state index in [1.54, 1.807) is 0 Å². The Morgan fingerprint density at radius 1 is 1.11 bits per heavy atom. The normalized spacial score (nSPS) is 12.7. The van der Waals surface area contributed by atoms with Crippen LogP contribution in [0.2, 0.25) is 18.1 Å². The molecule has 0 atom stereocenters. The van der Waals surface area contributed by atoms with Crippen molar-refractivity contribution in [1.82, 2.24) is 0 Å². The van der Waals surface area contributed by atoms with Gasteiger partial charge in [-0.05, 0) is 60.8 Å². The third-order valence-corrected chi connectivity index (χ3v) is 8.90. The first-order valence-electron chi connectivity index (χ1n) is 6.43. The lowest BCUT2D eigenvalue weighted by molar-refractivity contribution is 0.491. The minimum atomic E-state index is -1.73. The minimum absolute atomic E-state index is 0.239. The topological polar surface area (TPSA) is 9.23 Å². The molecule has 0 radical (unpaired) electrons. The molecule has 0 amide bonds. The second kappa shape index (κ2) is 5.38. The lowest BCUT2D eigenvalue weighted by Gasteiger charge is -2.36. The molecular weight excluding hydrogens is 304 g/mol. The van der Waals surface area contributed by atoms with Gasteiger partial charge in [0.25, 0.3) is 0 Å². The Hall–Kier alpha value is -0.283. The highest BCUT2D eigenvalue weighted by atomic mass is 79.9. The van der Waals surface area contributed by atoms with Gasteiger partial charge in [-0.2, -0.15) is 0 Å². The molecule has 0 aliphatic rings. The van der Waals surface area contributed by atoms with Gasteiger partial charge in [0.2, 0.25) is 8.32 Å². The van der Waals surface area contributed by atoms with Crippen LogP contribution in [-0.2, 0) is 5.33 Å². The predicted octanol–water partition coefficient (Wildman–Crippen LogP) is 5.58. The highest BCUT2D eigenvalue weighted by Gasteiger charge is 2.39. The van der Waals surface area contributed by atoms with Gasteiger partial charge < -0.3 is 4.43 Å². The Bertz CT molecular complexity index is 410. The van der Waals surface area contributed by atoms with E-state index in [-0.39, 0.29) is 5.04 Å². The van der Waals surface area contributed by atoms with E-state index in [1.165, 1.54) is 16.7 Å². The van der Waals surface area contributed by atoms with Crippen LogP contribution in [0.3, 0.4) is 0 Å². The summed E-state index contributed by atoms with van der Waals surface area (Å²) < 4.78 is 6.35. The standard InChI is InChI=1S/C15H25BrOSi/c1-11-8-13(9-12(2)14(11)10-16)17-18(6,7)15(3,4)5/h8-9H,10H2,1-7H3. The van der Waals surface area contributed by atoms with Crippen LogP contribution in [0.5, 0.6) is 5.75 Å². The van der Waals surface area contributed by atoms with E-state index < -0.39 is 8.32 Å². The van der Waals surface area contributed by atoms with Crippen molar-refractivity contribution in [2.24, 2.45) is 0 Å². The lowest BCUT2D eigenvalue weighted by atomic mass is 10.0. The van der Waals surface area contributed by atoms with Gasteiger partial charge in [-0.1, -0.05) is 36.7 Å². The van der Waals surface area contributed by atoms with Gasteiger partial charge in [-0.3, -0.25) is 0 Å². The van der Waals surface area contributed by atoms with E-state index in [2.05, 4.69) is 75.8 Å². The van der Waals surface area contributed by atoms with E-state index >= 15 is 0 Å². The summed E-state index contributed by atoms with van der Waals surface area (Å²) in [5.74, 6) is 1.03. The van der Waals surface area contributed by atoms with Gasteiger partial charge in [0.1, 0.15) is 5.75 Å². The number of aryl methyl sites for hydroxylation is 2. The number of rotatable bonds is 3. The summed E-state index contributed by atoms with van der Waals surface area (Å²) in [6.07, 6.45) is 0. The van der Waals surface area contributed by atoms with Crippen molar-refractivity contribution >= 4 is 24.2 Å². The molecule has 18 heavy (non-hydrogen) atoms. The van der Waals surface area contributed by atoms with Crippen LogP contribution in [0.4, 0.5) is 0 Å². The highest BCUT2D eigenvalue weighted by Crippen LogP contribution is 2.38. The van der Waals surface area contributed by atoms with E-state index in [0.29, 0.717) is 0 Å².